The molecule has 0 spiro atoms. The van der Waals surface area contributed by atoms with Gasteiger partial charge in [0, 0.05) is 19.6 Å². The second-order valence-corrected chi connectivity index (χ2v) is 4.89. The maximum Gasteiger partial charge on any atom is 0.0766 e. The first-order valence-corrected chi connectivity index (χ1v) is 6.96. The Bertz CT molecular complexity index is 353. The van der Waals surface area contributed by atoms with Crippen molar-refractivity contribution in [3.8, 4) is 0 Å². The van der Waals surface area contributed by atoms with Crippen molar-refractivity contribution in [1.82, 2.24) is 9.78 Å². The van der Waals surface area contributed by atoms with Gasteiger partial charge in [0.05, 0.1) is 22.0 Å². The normalized spacial score (nSPS) is 13.0. The van der Waals surface area contributed by atoms with Crippen LogP contribution in [0.15, 0.2) is 4.47 Å². The van der Waals surface area contributed by atoms with Crippen LogP contribution in [0.3, 0.4) is 0 Å². The standard InChI is InChI=1S/C12H21BrN2O2/c1-3-10-12(13)11(15(4-2)14-10)8-9(17)6-5-7-16/h9,16-17H,3-8H2,1-2H3. The second kappa shape index (κ2) is 7.13. The first-order valence-electron chi connectivity index (χ1n) is 6.16. The third-order valence-electron chi connectivity index (χ3n) is 2.82. The molecule has 1 aromatic heterocycles. The highest BCUT2D eigenvalue weighted by Crippen LogP contribution is 2.24. The summed E-state index contributed by atoms with van der Waals surface area (Å²) in [6.07, 6.45) is 2.32. The summed E-state index contributed by atoms with van der Waals surface area (Å²) in [5.74, 6) is 0. The predicted molar refractivity (Wildman–Crippen MR) is 71.0 cm³/mol. The predicted octanol–water partition coefficient (Wildman–Crippen LogP) is 1.90. The van der Waals surface area contributed by atoms with Gasteiger partial charge in [0.25, 0.3) is 0 Å². The van der Waals surface area contributed by atoms with Crippen LogP contribution in [-0.2, 0) is 19.4 Å². The molecule has 2 N–H and O–H groups in total. The van der Waals surface area contributed by atoms with Gasteiger partial charge in [-0.2, -0.15) is 5.10 Å². The van der Waals surface area contributed by atoms with Crippen LogP contribution in [0.5, 0.6) is 0 Å². The van der Waals surface area contributed by atoms with Crippen molar-refractivity contribution < 1.29 is 10.2 Å². The Hall–Kier alpha value is -0.390. The highest BCUT2D eigenvalue weighted by molar-refractivity contribution is 9.10. The van der Waals surface area contributed by atoms with Gasteiger partial charge in [0.2, 0.25) is 0 Å². The molecule has 1 atom stereocenters. The van der Waals surface area contributed by atoms with E-state index < -0.39 is 6.10 Å². The maximum absolute atomic E-state index is 9.89. The van der Waals surface area contributed by atoms with Crippen LogP contribution in [0.25, 0.3) is 0 Å². The lowest BCUT2D eigenvalue weighted by atomic mass is 10.1. The van der Waals surface area contributed by atoms with Gasteiger partial charge in [-0.1, -0.05) is 6.92 Å². The molecule has 17 heavy (non-hydrogen) atoms. The van der Waals surface area contributed by atoms with E-state index in [1.165, 1.54) is 0 Å². The van der Waals surface area contributed by atoms with E-state index in [9.17, 15) is 5.11 Å². The molecule has 0 bridgehead atoms. The van der Waals surface area contributed by atoms with Crippen LogP contribution in [0.1, 0.15) is 38.1 Å². The monoisotopic (exact) mass is 304 g/mol. The fraction of sp³-hybridized carbons (Fsp3) is 0.750. The number of nitrogens with zero attached hydrogens (tertiary/aromatic N) is 2. The Morgan fingerprint density at radius 3 is 2.65 bits per heavy atom. The molecule has 4 nitrogen and oxygen atoms in total. The minimum absolute atomic E-state index is 0.130. The number of aliphatic hydroxyl groups is 2. The lowest BCUT2D eigenvalue weighted by molar-refractivity contribution is 0.147. The van der Waals surface area contributed by atoms with Gasteiger partial charge >= 0.3 is 0 Å². The van der Waals surface area contributed by atoms with E-state index in [1.807, 2.05) is 11.6 Å². The number of rotatable bonds is 7. The van der Waals surface area contributed by atoms with E-state index >= 15 is 0 Å². The minimum atomic E-state index is -0.412. The summed E-state index contributed by atoms with van der Waals surface area (Å²) in [5, 5.41) is 23.1. The van der Waals surface area contributed by atoms with Crippen LogP contribution in [-0.4, -0.2) is 32.7 Å². The second-order valence-electron chi connectivity index (χ2n) is 4.10. The van der Waals surface area contributed by atoms with Gasteiger partial charge in [0.15, 0.2) is 0 Å². The van der Waals surface area contributed by atoms with Crippen LogP contribution >= 0.6 is 15.9 Å². The molecule has 1 rings (SSSR count). The van der Waals surface area contributed by atoms with Crippen molar-refractivity contribution in [1.29, 1.82) is 0 Å². The molecule has 1 unspecified atom stereocenters. The molecule has 5 heteroatoms. The van der Waals surface area contributed by atoms with Crippen molar-refractivity contribution in [2.24, 2.45) is 0 Å². The van der Waals surface area contributed by atoms with Crippen LogP contribution in [0.2, 0.25) is 0 Å². The summed E-state index contributed by atoms with van der Waals surface area (Å²) >= 11 is 3.56. The Labute approximate surface area is 111 Å². The molecule has 0 saturated heterocycles. The summed E-state index contributed by atoms with van der Waals surface area (Å²) in [6.45, 7) is 5.05. The summed E-state index contributed by atoms with van der Waals surface area (Å²) in [4.78, 5) is 0. The number of hydrogen-bond donors (Lipinski definition) is 2. The molecule has 0 saturated carbocycles. The third kappa shape index (κ3) is 3.79. The largest absolute Gasteiger partial charge is 0.396 e. The molecular weight excluding hydrogens is 284 g/mol. The van der Waals surface area contributed by atoms with Crippen LogP contribution in [0.4, 0.5) is 0 Å². The van der Waals surface area contributed by atoms with Gasteiger partial charge in [-0.05, 0) is 42.1 Å². The fourth-order valence-electron chi connectivity index (χ4n) is 1.86. The van der Waals surface area contributed by atoms with Crippen molar-refractivity contribution in [3.63, 3.8) is 0 Å². The zero-order chi connectivity index (χ0) is 12.8. The Balaban J connectivity index is 2.78. The molecule has 0 aliphatic rings. The van der Waals surface area contributed by atoms with E-state index in [0.29, 0.717) is 19.3 Å². The van der Waals surface area contributed by atoms with Crippen molar-refractivity contribution in [2.75, 3.05) is 6.61 Å². The number of aliphatic hydroxyl groups excluding tert-OH is 2. The van der Waals surface area contributed by atoms with Gasteiger partial charge in [-0.25, -0.2) is 0 Å². The van der Waals surface area contributed by atoms with Gasteiger partial charge in [0.1, 0.15) is 0 Å². The molecule has 1 heterocycles. The fourth-order valence-corrected chi connectivity index (χ4v) is 2.59. The Kier molecular flexibility index (Phi) is 6.16. The first kappa shape index (κ1) is 14.7. The summed E-state index contributed by atoms with van der Waals surface area (Å²) in [7, 11) is 0. The summed E-state index contributed by atoms with van der Waals surface area (Å²) in [5.41, 5.74) is 2.09. The molecule has 0 aliphatic carbocycles. The zero-order valence-corrected chi connectivity index (χ0v) is 12.1. The Morgan fingerprint density at radius 1 is 1.41 bits per heavy atom. The average Bonchev–Trinajstić information content (AvgIpc) is 2.63. The highest BCUT2D eigenvalue weighted by Gasteiger charge is 2.16. The third-order valence-corrected chi connectivity index (χ3v) is 3.73. The van der Waals surface area contributed by atoms with Gasteiger partial charge in [-0.15, -0.1) is 0 Å². The highest BCUT2D eigenvalue weighted by atomic mass is 79.9. The quantitative estimate of drug-likeness (QED) is 0.809. The van der Waals surface area contributed by atoms with E-state index in [1.54, 1.807) is 0 Å². The number of aryl methyl sites for hydroxylation is 2. The lowest BCUT2D eigenvalue weighted by Crippen LogP contribution is -2.15. The van der Waals surface area contributed by atoms with E-state index in [-0.39, 0.29) is 6.61 Å². The average molecular weight is 305 g/mol. The molecule has 1 aromatic rings. The molecule has 0 amide bonds. The summed E-state index contributed by atoms with van der Waals surface area (Å²) in [6, 6.07) is 0. The smallest absolute Gasteiger partial charge is 0.0766 e. The SMILES string of the molecule is CCc1nn(CC)c(CC(O)CCCO)c1Br. The molecular formula is C12H21BrN2O2. The number of aromatic nitrogens is 2. The van der Waals surface area contributed by atoms with Crippen molar-refractivity contribution in [2.45, 2.75) is 52.2 Å². The lowest BCUT2D eigenvalue weighted by Gasteiger charge is -2.11. The van der Waals surface area contributed by atoms with Crippen LogP contribution in [0, 0.1) is 0 Å². The van der Waals surface area contributed by atoms with Gasteiger partial charge in [-0.3, -0.25) is 4.68 Å². The minimum Gasteiger partial charge on any atom is -0.396 e. The number of halogens is 1. The molecule has 0 aliphatic heterocycles. The van der Waals surface area contributed by atoms with Crippen LogP contribution < -0.4 is 0 Å². The first-order chi connectivity index (χ1) is 8.13. The summed E-state index contributed by atoms with van der Waals surface area (Å²) < 4.78 is 2.95. The van der Waals surface area contributed by atoms with E-state index in [2.05, 4.69) is 28.0 Å². The molecule has 0 fully saturated rings. The van der Waals surface area contributed by atoms with Crippen molar-refractivity contribution in [3.05, 3.63) is 15.9 Å². The van der Waals surface area contributed by atoms with E-state index in [0.717, 1.165) is 28.8 Å². The molecule has 98 valence electrons. The topological polar surface area (TPSA) is 58.3 Å². The maximum atomic E-state index is 9.89. The molecule has 0 aromatic carbocycles. The number of hydrogen-bond acceptors (Lipinski definition) is 3. The zero-order valence-electron chi connectivity index (χ0n) is 10.5. The Morgan fingerprint density at radius 2 is 2.12 bits per heavy atom. The van der Waals surface area contributed by atoms with Gasteiger partial charge < -0.3 is 10.2 Å². The van der Waals surface area contributed by atoms with Crippen molar-refractivity contribution >= 4 is 15.9 Å². The van der Waals surface area contributed by atoms with E-state index in [4.69, 9.17) is 5.11 Å². The molecule has 0 radical (unpaired) electrons.